The topological polar surface area (TPSA) is 35.2 Å². The standard InChI is InChI=1S/C18H23NO/c1-12-7-13(2)9-17(8-12)20-18(11-19)16-6-5-14(3)15(4)10-16/h5-10,18H,11,19H2,1-4H3. The van der Waals surface area contributed by atoms with Crippen molar-refractivity contribution in [3.63, 3.8) is 0 Å². The zero-order valence-electron chi connectivity index (χ0n) is 12.7. The molecule has 2 rings (SSSR count). The van der Waals surface area contributed by atoms with E-state index in [0.717, 1.165) is 11.3 Å². The molecule has 2 heteroatoms. The van der Waals surface area contributed by atoms with Crippen LogP contribution >= 0.6 is 0 Å². The van der Waals surface area contributed by atoms with Crippen molar-refractivity contribution < 1.29 is 4.74 Å². The molecule has 2 N–H and O–H groups in total. The molecule has 0 spiro atoms. The second-order valence-corrected chi connectivity index (χ2v) is 5.51. The number of hydrogen-bond acceptors (Lipinski definition) is 2. The Morgan fingerprint density at radius 2 is 1.55 bits per heavy atom. The second kappa shape index (κ2) is 6.10. The highest BCUT2D eigenvalue weighted by Gasteiger charge is 2.12. The zero-order valence-corrected chi connectivity index (χ0v) is 12.7. The third kappa shape index (κ3) is 3.40. The lowest BCUT2D eigenvalue weighted by atomic mass is 10.0. The number of hydrogen-bond donors (Lipinski definition) is 1. The van der Waals surface area contributed by atoms with Gasteiger partial charge in [-0.3, -0.25) is 0 Å². The first-order valence-electron chi connectivity index (χ1n) is 7.02. The lowest BCUT2D eigenvalue weighted by Gasteiger charge is -2.19. The third-order valence-corrected chi connectivity index (χ3v) is 3.59. The lowest BCUT2D eigenvalue weighted by Crippen LogP contribution is -2.18. The van der Waals surface area contributed by atoms with Crippen molar-refractivity contribution in [2.24, 2.45) is 5.73 Å². The maximum Gasteiger partial charge on any atom is 0.136 e. The summed E-state index contributed by atoms with van der Waals surface area (Å²) < 4.78 is 6.08. The minimum absolute atomic E-state index is 0.101. The lowest BCUT2D eigenvalue weighted by molar-refractivity contribution is 0.214. The number of nitrogens with two attached hydrogens (primary N) is 1. The fourth-order valence-electron chi connectivity index (χ4n) is 2.38. The molecule has 1 atom stereocenters. The smallest absolute Gasteiger partial charge is 0.136 e. The minimum Gasteiger partial charge on any atom is -0.484 e. The van der Waals surface area contributed by atoms with E-state index in [4.69, 9.17) is 10.5 Å². The highest BCUT2D eigenvalue weighted by Crippen LogP contribution is 2.25. The summed E-state index contributed by atoms with van der Waals surface area (Å²) in [6.45, 7) is 8.85. The molecule has 0 aliphatic heterocycles. The highest BCUT2D eigenvalue weighted by molar-refractivity contribution is 5.35. The largest absolute Gasteiger partial charge is 0.484 e. The van der Waals surface area contributed by atoms with Crippen molar-refractivity contribution in [1.29, 1.82) is 0 Å². The first-order chi connectivity index (χ1) is 9.49. The van der Waals surface area contributed by atoms with E-state index in [2.05, 4.69) is 64.1 Å². The van der Waals surface area contributed by atoms with Gasteiger partial charge in [0.25, 0.3) is 0 Å². The van der Waals surface area contributed by atoms with Gasteiger partial charge in [0.15, 0.2) is 0 Å². The molecule has 106 valence electrons. The molecule has 2 aromatic rings. The Morgan fingerprint density at radius 3 is 2.10 bits per heavy atom. The summed E-state index contributed by atoms with van der Waals surface area (Å²) in [5, 5.41) is 0. The summed E-state index contributed by atoms with van der Waals surface area (Å²) in [6.07, 6.45) is -0.101. The minimum atomic E-state index is -0.101. The molecule has 20 heavy (non-hydrogen) atoms. The molecule has 0 heterocycles. The molecule has 0 saturated carbocycles. The Kier molecular flexibility index (Phi) is 4.46. The SMILES string of the molecule is Cc1cc(C)cc(OC(CN)c2ccc(C)c(C)c2)c1. The molecule has 2 aromatic carbocycles. The summed E-state index contributed by atoms with van der Waals surface area (Å²) in [5.41, 5.74) is 12.0. The van der Waals surface area contributed by atoms with E-state index >= 15 is 0 Å². The Balaban J connectivity index is 2.26. The van der Waals surface area contributed by atoms with Crippen LogP contribution in [0.2, 0.25) is 0 Å². The van der Waals surface area contributed by atoms with Crippen LogP contribution in [0.1, 0.15) is 33.9 Å². The van der Waals surface area contributed by atoms with Gasteiger partial charge in [0.2, 0.25) is 0 Å². The predicted molar refractivity (Wildman–Crippen MR) is 84.3 cm³/mol. The molecule has 0 amide bonds. The van der Waals surface area contributed by atoms with E-state index in [1.807, 2.05) is 0 Å². The van der Waals surface area contributed by atoms with Gasteiger partial charge in [-0.05, 0) is 67.6 Å². The molecule has 0 bridgehead atoms. The average Bonchev–Trinajstić information content (AvgIpc) is 2.38. The van der Waals surface area contributed by atoms with E-state index in [-0.39, 0.29) is 6.10 Å². The monoisotopic (exact) mass is 269 g/mol. The van der Waals surface area contributed by atoms with Gasteiger partial charge >= 0.3 is 0 Å². The number of aryl methyl sites for hydroxylation is 4. The van der Waals surface area contributed by atoms with E-state index in [1.54, 1.807) is 0 Å². The van der Waals surface area contributed by atoms with Crippen LogP contribution in [0, 0.1) is 27.7 Å². The van der Waals surface area contributed by atoms with Crippen molar-refractivity contribution in [3.05, 3.63) is 64.2 Å². The van der Waals surface area contributed by atoms with E-state index in [0.29, 0.717) is 6.54 Å². The van der Waals surface area contributed by atoms with Crippen LogP contribution in [-0.2, 0) is 0 Å². The Bertz CT molecular complexity index is 584. The van der Waals surface area contributed by atoms with Crippen LogP contribution in [0.25, 0.3) is 0 Å². The fraction of sp³-hybridized carbons (Fsp3) is 0.333. The van der Waals surface area contributed by atoms with Crippen molar-refractivity contribution >= 4 is 0 Å². The molecule has 0 aromatic heterocycles. The van der Waals surface area contributed by atoms with Crippen molar-refractivity contribution in [2.75, 3.05) is 6.54 Å². The summed E-state index contributed by atoms with van der Waals surface area (Å²) in [7, 11) is 0. The molecule has 0 aliphatic carbocycles. The molecule has 0 aliphatic rings. The Hall–Kier alpha value is -1.80. The molecule has 1 unspecified atom stereocenters. The molecular weight excluding hydrogens is 246 g/mol. The van der Waals surface area contributed by atoms with Gasteiger partial charge < -0.3 is 10.5 Å². The van der Waals surface area contributed by atoms with Gasteiger partial charge in [0, 0.05) is 6.54 Å². The van der Waals surface area contributed by atoms with Crippen LogP contribution in [-0.4, -0.2) is 6.54 Å². The molecule has 0 saturated heterocycles. The zero-order chi connectivity index (χ0) is 14.7. The highest BCUT2D eigenvalue weighted by atomic mass is 16.5. The van der Waals surface area contributed by atoms with Crippen LogP contribution in [0.15, 0.2) is 36.4 Å². The molecule has 0 radical (unpaired) electrons. The Morgan fingerprint density at radius 1 is 0.900 bits per heavy atom. The van der Waals surface area contributed by atoms with Gasteiger partial charge in [-0.25, -0.2) is 0 Å². The maximum atomic E-state index is 6.08. The van der Waals surface area contributed by atoms with Gasteiger partial charge in [0.1, 0.15) is 11.9 Å². The number of ether oxygens (including phenoxy) is 1. The third-order valence-electron chi connectivity index (χ3n) is 3.59. The summed E-state index contributed by atoms with van der Waals surface area (Å²) in [4.78, 5) is 0. The first-order valence-corrected chi connectivity index (χ1v) is 7.02. The quantitative estimate of drug-likeness (QED) is 0.910. The fourth-order valence-corrected chi connectivity index (χ4v) is 2.38. The van der Waals surface area contributed by atoms with E-state index in [1.165, 1.54) is 22.3 Å². The second-order valence-electron chi connectivity index (χ2n) is 5.51. The average molecular weight is 269 g/mol. The number of rotatable bonds is 4. The van der Waals surface area contributed by atoms with Gasteiger partial charge in [-0.1, -0.05) is 24.3 Å². The molecule has 2 nitrogen and oxygen atoms in total. The normalized spacial score (nSPS) is 12.2. The van der Waals surface area contributed by atoms with E-state index < -0.39 is 0 Å². The van der Waals surface area contributed by atoms with E-state index in [9.17, 15) is 0 Å². The van der Waals surface area contributed by atoms with Crippen LogP contribution < -0.4 is 10.5 Å². The summed E-state index contributed by atoms with van der Waals surface area (Å²) >= 11 is 0. The van der Waals surface area contributed by atoms with Crippen molar-refractivity contribution in [3.8, 4) is 5.75 Å². The molecule has 0 fully saturated rings. The van der Waals surface area contributed by atoms with Gasteiger partial charge in [-0.15, -0.1) is 0 Å². The van der Waals surface area contributed by atoms with Crippen LogP contribution in [0.3, 0.4) is 0 Å². The summed E-state index contributed by atoms with van der Waals surface area (Å²) in [5.74, 6) is 0.885. The first kappa shape index (κ1) is 14.6. The Labute approximate surface area is 121 Å². The van der Waals surface area contributed by atoms with Gasteiger partial charge in [-0.2, -0.15) is 0 Å². The summed E-state index contributed by atoms with van der Waals surface area (Å²) in [6, 6.07) is 12.6. The molecular formula is C18H23NO. The van der Waals surface area contributed by atoms with Crippen molar-refractivity contribution in [1.82, 2.24) is 0 Å². The van der Waals surface area contributed by atoms with Crippen molar-refractivity contribution in [2.45, 2.75) is 33.8 Å². The number of benzene rings is 2. The maximum absolute atomic E-state index is 6.08. The van der Waals surface area contributed by atoms with Gasteiger partial charge in [0.05, 0.1) is 0 Å². The predicted octanol–water partition coefficient (Wildman–Crippen LogP) is 4.00. The van der Waals surface area contributed by atoms with Crippen LogP contribution in [0.5, 0.6) is 5.75 Å². The van der Waals surface area contributed by atoms with Crippen LogP contribution in [0.4, 0.5) is 0 Å².